The van der Waals surface area contributed by atoms with E-state index in [4.69, 9.17) is 21.1 Å². The Bertz CT molecular complexity index is 418. The molecular formula is C16H24ClNO3. The summed E-state index contributed by atoms with van der Waals surface area (Å²) in [5.41, 5.74) is -0.593. The number of rotatable bonds is 7. The van der Waals surface area contributed by atoms with Gasteiger partial charge in [0.2, 0.25) is 0 Å². The van der Waals surface area contributed by atoms with Crippen LogP contribution in [-0.4, -0.2) is 55.6 Å². The number of likely N-dealkylation sites (N-methyl/N-ethyl adjacent to an activating group) is 1. The molecule has 0 amide bonds. The maximum Gasteiger partial charge on any atom is 0.119 e. The fourth-order valence-electron chi connectivity index (χ4n) is 2.55. The molecule has 4 nitrogen and oxygen atoms in total. The minimum atomic E-state index is -0.593. The van der Waals surface area contributed by atoms with Crippen LogP contribution in [0.1, 0.15) is 19.3 Å². The topological polar surface area (TPSA) is 41.9 Å². The molecule has 1 aliphatic heterocycles. The van der Waals surface area contributed by atoms with Crippen LogP contribution in [-0.2, 0) is 4.74 Å². The van der Waals surface area contributed by atoms with Gasteiger partial charge in [-0.1, -0.05) is 11.6 Å². The van der Waals surface area contributed by atoms with Gasteiger partial charge in [-0.25, -0.2) is 0 Å². The van der Waals surface area contributed by atoms with E-state index in [9.17, 15) is 5.11 Å². The molecule has 1 N–H and O–H groups in total. The summed E-state index contributed by atoms with van der Waals surface area (Å²) in [5, 5.41) is 11.2. The molecule has 5 heteroatoms. The van der Waals surface area contributed by atoms with E-state index in [1.807, 2.05) is 31.3 Å². The standard InChI is InChI=1S/C16H24ClNO3/c1-18(13-16(19)7-11-20-12-8-16)9-2-10-21-15-5-3-14(17)4-6-15/h3-6,19H,2,7-13H2,1H3. The van der Waals surface area contributed by atoms with Gasteiger partial charge in [0, 0.05) is 44.2 Å². The second-order valence-electron chi connectivity index (χ2n) is 5.73. The first-order valence-electron chi connectivity index (χ1n) is 7.44. The SMILES string of the molecule is CN(CCCOc1ccc(Cl)cc1)CC1(O)CCOCC1. The molecular weight excluding hydrogens is 290 g/mol. The molecule has 2 rings (SSSR count). The van der Waals surface area contributed by atoms with Gasteiger partial charge in [0.25, 0.3) is 0 Å². The highest BCUT2D eigenvalue weighted by Gasteiger charge is 2.30. The van der Waals surface area contributed by atoms with Crippen LogP contribution in [0.2, 0.25) is 5.02 Å². The molecule has 1 saturated heterocycles. The zero-order valence-electron chi connectivity index (χ0n) is 12.6. The number of ether oxygens (including phenoxy) is 2. The van der Waals surface area contributed by atoms with E-state index in [-0.39, 0.29) is 0 Å². The van der Waals surface area contributed by atoms with Crippen molar-refractivity contribution >= 4 is 11.6 Å². The maximum atomic E-state index is 10.4. The third-order valence-corrected chi connectivity index (χ3v) is 4.01. The summed E-state index contributed by atoms with van der Waals surface area (Å²) >= 11 is 5.83. The first kappa shape index (κ1) is 16.6. The van der Waals surface area contributed by atoms with Crippen molar-refractivity contribution in [2.75, 3.05) is 40.0 Å². The molecule has 0 atom stereocenters. The molecule has 0 bridgehead atoms. The van der Waals surface area contributed by atoms with Crippen LogP contribution in [0, 0.1) is 0 Å². The van der Waals surface area contributed by atoms with E-state index in [0.29, 0.717) is 31.4 Å². The second-order valence-corrected chi connectivity index (χ2v) is 6.17. The molecule has 118 valence electrons. The van der Waals surface area contributed by atoms with Crippen LogP contribution < -0.4 is 4.74 Å². The van der Waals surface area contributed by atoms with Crippen molar-refractivity contribution in [2.24, 2.45) is 0 Å². The zero-order chi connectivity index (χ0) is 15.1. The monoisotopic (exact) mass is 313 g/mol. The van der Waals surface area contributed by atoms with E-state index in [2.05, 4.69) is 4.90 Å². The summed E-state index contributed by atoms with van der Waals surface area (Å²) in [7, 11) is 2.04. The van der Waals surface area contributed by atoms with E-state index >= 15 is 0 Å². The van der Waals surface area contributed by atoms with E-state index in [1.165, 1.54) is 0 Å². The number of benzene rings is 1. The van der Waals surface area contributed by atoms with Crippen LogP contribution in [0.25, 0.3) is 0 Å². The fraction of sp³-hybridized carbons (Fsp3) is 0.625. The van der Waals surface area contributed by atoms with Crippen molar-refractivity contribution in [1.29, 1.82) is 0 Å². The molecule has 1 fully saturated rings. The maximum absolute atomic E-state index is 10.4. The minimum absolute atomic E-state index is 0.593. The van der Waals surface area contributed by atoms with Crippen molar-refractivity contribution in [3.05, 3.63) is 29.3 Å². The van der Waals surface area contributed by atoms with Crippen LogP contribution in [0.15, 0.2) is 24.3 Å². The summed E-state index contributed by atoms with van der Waals surface area (Å²) in [4.78, 5) is 2.16. The summed E-state index contributed by atoms with van der Waals surface area (Å²) in [6.45, 7) is 3.57. The van der Waals surface area contributed by atoms with Gasteiger partial charge in [-0.05, 0) is 37.7 Å². The largest absolute Gasteiger partial charge is 0.494 e. The van der Waals surface area contributed by atoms with Gasteiger partial charge in [0.05, 0.1) is 12.2 Å². The number of halogens is 1. The lowest BCUT2D eigenvalue weighted by atomic mass is 9.94. The van der Waals surface area contributed by atoms with Crippen molar-refractivity contribution in [3.8, 4) is 5.75 Å². The smallest absolute Gasteiger partial charge is 0.119 e. The predicted molar refractivity (Wildman–Crippen MR) is 84.1 cm³/mol. The van der Waals surface area contributed by atoms with Gasteiger partial charge in [-0.15, -0.1) is 0 Å². The number of hydrogen-bond donors (Lipinski definition) is 1. The van der Waals surface area contributed by atoms with Crippen molar-refractivity contribution in [3.63, 3.8) is 0 Å². The van der Waals surface area contributed by atoms with E-state index in [0.717, 1.165) is 31.6 Å². The van der Waals surface area contributed by atoms with Gasteiger partial charge >= 0.3 is 0 Å². The number of aliphatic hydroxyl groups is 1. The Morgan fingerprint density at radius 1 is 1.29 bits per heavy atom. The summed E-state index contributed by atoms with van der Waals surface area (Å²) in [6, 6.07) is 7.39. The molecule has 0 aromatic heterocycles. The summed E-state index contributed by atoms with van der Waals surface area (Å²) in [6.07, 6.45) is 2.36. The quantitative estimate of drug-likeness (QED) is 0.786. The predicted octanol–water partition coefficient (Wildman–Crippen LogP) is 2.58. The summed E-state index contributed by atoms with van der Waals surface area (Å²) in [5.74, 6) is 0.838. The Balaban J connectivity index is 1.62. The molecule has 0 spiro atoms. The first-order chi connectivity index (χ1) is 10.1. The molecule has 0 aliphatic carbocycles. The number of hydrogen-bond acceptors (Lipinski definition) is 4. The third kappa shape index (κ3) is 5.83. The minimum Gasteiger partial charge on any atom is -0.494 e. The third-order valence-electron chi connectivity index (χ3n) is 3.75. The van der Waals surface area contributed by atoms with E-state index in [1.54, 1.807) is 0 Å². The zero-order valence-corrected chi connectivity index (χ0v) is 13.3. The van der Waals surface area contributed by atoms with Gasteiger partial charge in [-0.3, -0.25) is 0 Å². The van der Waals surface area contributed by atoms with Crippen molar-refractivity contribution < 1.29 is 14.6 Å². The first-order valence-corrected chi connectivity index (χ1v) is 7.82. The molecule has 1 heterocycles. The second kappa shape index (κ2) is 7.99. The normalized spacial score (nSPS) is 17.9. The molecule has 1 aromatic carbocycles. The van der Waals surface area contributed by atoms with Crippen molar-refractivity contribution in [2.45, 2.75) is 24.9 Å². The van der Waals surface area contributed by atoms with Crippen LogP contribution >= 0.6 is 11.6 Å². The summed E-state index contributed by atoms with van der Waals surface area (Å²) < 4.78 is 11.0. The van der Waals surface area contributed by atoms with E-state index < -0.39 is 5.60 Å². The van der Waals surface area contributed by atoms with Crippen LogP contribution in [0.5, 0.6) is 5.75 Å². The van der Waals surface area contributed by atoms with Gasteiger partial charge in [0.1, 0.15) is 5.75 Å². The molecule has 1 aromatic rings. The fourth-order valence-corrected chi connectivity index (χ4v) is 2.67. The Morgan fingerprint density at radius 3 is 2.62 bits per heavy atom. The Kier molecular flexibility index (Phi) is 6.30. The van der Waals surface area contributed by atoms with Crippen molar-refractivity contribution in [1.82, 2.24) is 4.90 Å². The highest BCUT2D eigenvalue weighted by Crippen LogP contribution is 2.21. The Labute approximate surface area is 131 Å². The lowest BCUT2D eigenvalue weighted by molar-refractivity contribution is -0.0770. The highest BCUT2D eigenvalue weighted by atomic mass is 35.5. The Hall–Kier alpha value is -0.810. The lowest BCUT2D eigenvalue weighted by Crippen LogP contribution is -2.46. The van der Waals surface area contributed by atoms with Gasteiger partial charge in [0.15, 0.2) is 0 Å². The highest BCUT2D eigenvalue weighted by molar-refractivity contribution is 6.30. The van der Waals surface area contributed by atoms with Crippen LogP contribution in [0.3, 0.4) is 0 Å². The molecule has 0 radical (unpaired) electrons. The lowest BCUT2D eigenvalue weighted by Gasteiger charge is -2.35. The molecule has 21 heavy (non-hydrogen) atoms. The number of nitrogens with zero attached hydrogens (tertiary/aromatic N) is 1. The molecule has 0 saturated carbocycles. The van der Waals surface area contributed by atoms with Crippen LogP contribution in [0.4, 0.5) is 0 Å². The average molecular weight is 314 g/mol. The molecule has 0 unspecified atom stereocenters. The van der Waals surface area contributed by atoms with Gasteiger partial charge < -0.3 is 19.5 Å². The molecule has 1 aliphatic rings. The average Bonchev–Trinajstić information content (AvgIpc) is 2.46. The van der Waals surface area contributed by atoms with Gasteiger partial charge in [-0.2, -0.15) is 0 Å². The Morgan fingerprint density at radius 2 is 1.95 bits per heavy atom.